The van der Waals surface area contributed by atoms with Gasteiger partial charge < -0.3 is 18.9 Å². The first-order valence-corrected chi connectivity index (χ1v) is 12.9. The van der Waals surface area contributed by atoms with Crippen molar-refractivity contribution >= 4 is 11.9 Å². The average molecular weight is 523 g/mol. The molecule has 0 aliphatic rings. The van der Waals surface area contributed by atoms with Gasteiger partial charge in [-0.15, -0.1) is 0 Å². The zero-order valence-electron chi connectivity index (χ0n) is 22.3. The number of aryl methyl sites for hydroxylation is 1. The van der Waals surface area contributed by atoms with E-state index in [0.717, 1.165) is 27.8 Å². The topological polar surface area (TPSA) is 71.1 Å². The Hall–Kier alpha value is -3.87. The molecule has 0 unspecified atom stereocenters. The Balaban J connectivity index is 1.76. The van der Waals surface area contributed by atoms with Gasteiger partial charge in [-0.2, -0.15) is 0 Å². The number of carbonyl (C=O) groups is 2. The Morgan fingerprint density at radius 2 is 1.55 bits per heavy atom. The van der Waals surface area contributed by atoms with Crippen LogP contribution in [0.3, 0.4) is 0 Å². The Bertz CT molecular complexity index is 1220. The smallest absolute Gasteiger partial charge is 0.306 e. The summed E-state index contributed by atoms with van der Waals surface area (Å²) in [5, 5.41) is 0. The number of hydrogen-bond acceptors (Lipinski definition) is 6. The van der Waals surface area contributed by atoms with Crippen molar-refractivity contribution in [2.75, 3.05) is 19.8 Å². The van der Waals surface area contributed by atoms with Gasteiger partial charge in [0.15, 0.2) is 0 Å². The molecule has 3 rings (SSSR count). The van der Waals surface area contributed by atoms with Gasteiger partial charge in [0.25, 0.3) is 0 Å². The highest BCUT2D eigenvalue weighted by molar-refractivity contribution is 5.70. The highest BCUT2D eigenvalue weighted by Crippen LogP contribution is 2.29. The molecule has 0 saturated carbocycles. The van der Waals surface area contributed by atoms with E-state index in [2.05, 4.69) is 0 Å². The zero-order valence-corrected chi connectivity index (χ0v) is 22.3. The second-order valence-corrected chi connectivity index (χ2v) is 8.79. The van der Waals surface area contributed by atoms with Gasteiger partial charge in [-0.3, -0.25) is 9.59 Å². The molecule has 0 atom stereocenters. The first kappa shape index (κ1) is 28.7. The van der Waals surface area contributed by atoms with E-state index in [4.69, 9.17) is 18.9 Å². The van der Waals surface area contributed by atoms with E-state index in [0.29, 0.717) is 44.2 Å². The van der Waals surface area contributed by atoms with E-state index in [9.17, 15) is 14.0 Å². The number of esters is 2. The average Bonchev–Trinajstić information content (AvgIpc) is 2.89. The number of ether oxygens (including phenoxy) is 4. The van der Waals surface area contributed by atoms with Gasteiger partial charge in [0.1, 0.15) is 23.9 Å². The Kier molecular flexibility index (Phi) is 11.1. The van der Waals surface area contributed by atoms with Gasteiger partial charge in [-0.1, -0.05) is 30.3 Å². The zero-order chi connectivity index (χ0) is 27.3. The van der Waals surface area contributed by atoms with E-state index in [-0.39, 0.29) is 37.2 Å². The minimum Gasteiger partial charge on any atom is -0.493 e. The van der Waals surface area contributed by atoms with Crippen molar-refractivity contribution in [3.63, 3.8) is 0 Å². The summed E-state index contributed by atoms with van der Waals surface area (Å²) in [6.07, 6.45) is 1.42. The summed E-state index contributed by atoms with van der Waals surface area (Å²) in [6, 6.07) is 17.9. The minimum absolute atomic E-state index is 0.207. The molecule has 202 valence electrons. The first-order valence-electron chi connectivity index (χ1n) is 12.9. The van der Waals surface area contributed by atoms with Crippen molar-refractivity contribution < 1.29 is 32.9 Å². The quantitative estimate of drug-likeness (QED) is 0.176. The molecule has 0 aromatic heterocycles. The van der Waals surface area contributed by atoms with Gasteiger partial charge in [0, 0.05) is 18.4 Å². The van der Waals surface area contributed by atoms with E-state index in [1.54, 1.807) is 19.9 Å². The van der Waals surface area contributed by atoms with E-state index in [1.807, 2.05) is 49.4 Å². The van der Waals surface area contributed by atoms with Gasteiger partial charge in [-0.05, 0) is 86.2 Å². The van der Waals surface area contributed by atoms with Crippen molar-refractivity contribution in [3.05, 3.63) is 83.2 Å². The summed E-state index contributed by atoms with van der Waals surface area (Å²) in [6.45, 7) is 6.78. The maximum absolute atomic E-state index is 13.8. The third-order valence-electron chi connectivity index (χ3n) is 5.81. The SMILES string of the molecule is CCOC(=O)CCCOc1cccc(COc2cc(C)cc(-c3cccc(F)c3)c2)c1CCC(=O)OCC. The highest BCUT2D eigenvalue weighted by Gasteiger charge is 2.14. The number of carbonyl (C=O) groups excluding carboxylic acids is 2. The van der Waals surface area contributed by atoms with Crippen molar-refractivity contribution in [2.45, 2.75) is 53.1 Å². The number of benzene rings is 3. The fraction of sp³-hybridized carbons (Fsp3) is 0.355. The monoisotopic (exact) mass is 522 g/mol. The normalized spacial score (nSPS) is 10.6. The summed E-state index contributed by atoms with van der Waals surface area (Å²) in [7, 11) is 0. The fourth-order valence-electron chi connectivity index (χ4n) is 4.08. The van der Waals surface area contributed by atoms with Crippen molar-refractivity contribution in [1.29, 1.82) is 0 Å². The summed E-state index contributed by atoms with van der Waals surface area (Å²) in [4.78, 5) is 23.7. The van der Waals surface area contributed by atoms with Crippen LogP contribution in [-0.2, 0) is 32.1 Å². The Morgan fingerprint density at radius 1 is 0.816 bits per heavy atom. The predicted octanol–water partition coefficient (Wildman–Crippen LogP) is 6.60. The molecule has 38 heavy (non-hydrogen) atoms. The van der Waals surface area contributed by atoms with Gasteiger partial charge in [0.2, 0.25) is 0 Å². The molecule has 6 nitrogen and oxygen atoms in total. The van der Waals surface area contributed by atoms with Crippen LogP contribution in [0.2, 0.25) is 0 Å². The molecule has 0 saturated heterocycles. The van der Waals surface area contributed by atoms with Crippen LogP contribution in [0.4, 0.5) is 4.39 Å². The largest absolute Gasteiger partial charge is 0.493 e. The van der Waals surface area contributed by atoms with Crippen LogP contribution in [0.15, 0.2) is 60.7 Å². The van der Waals surface area contributed by atoms with Crippen LogP contribution >= 0.6 is 0 Å². The Labute approximate surface area is 223 Å². The standard InChI is InChI=1S/C31H35FO6/c1-4-35-30(33)13-8-16-37-29-12-7-10-24(28(29)14-15-31(34)36-5-2)21-38-27-18-22(3)17-25(20-27)23-9-6-11-26(32)19-23/h6-7,9-12,17-20H,4-5,8,13-16,21H2,1-3H3. The third-order valence-corrected chi connectivity index (χ3v) is 5.81. The lowest BCUT2D eigenvalue weighted by molar-refractivity contribution is -0.144. The van der Waals surface area contributed by atoms with Crippen molar-refractivity contribution in [2.24, 2.45) is 0 Å². The maximum Gasteiger partial charge on any atom is 0.306 e. The van der Waals surface area contributed by atoms with E-state index >= 15 is 0 Å². The van der Waals surface area contributed by atoms with Crippen LogP contribution in [0.5, 0.6) is 11.5 Å². The summed E-state index contributed by atoms with van der Waals surface area (Å²) in [5.41, 5.74) is 4.36. The van der Waals surface area contributed by atoms with Gasteiger partial charge in [0.05, 0.1) is 19.8 Å². The predicted molar refractivity (Wildman–Crippen MR) is 144 cm³/mol. The molecule has 0 bridgehead atoms. The minimum atomic E-state index is -0.295. The summed E-state index contributed by atoms with van der Waals surface area (Å²) < 4.78 is 36.0. The van der Waals surface area contributed by atoms with Gasteiger partial charge >= 0.3 is 11.9 Å². The van der Waals surface area contributed by atoms with Crippen molar-refractivity contribution in [1.82, 2.24) is 0 Å². The molecule has 0 fully saturated rings. The second kappa shape index (κ2) is 14.8. The molecular formula is C31H35FO6. The molecule has 3 aromatic rings. The molecule has 0 N–H and O–H groups in total. The molecule has 0 radical (unpaired) electrons. The third kappa shape index (κ3) is 8.91. The first-order chi connectivity index (χ1) is 18.4. The van der Waals surface area contributed by atoms with Gasteiger partial charge in [-0.25, -0.2) is 4.39 Å². The second-order valence-electron chi connectivity index (χ2n) is 8.79. The Morgan fingerprint density at radius 3 is 2.29 bits per heavy atom. The van der Waals surface area contributed by atoms with Crippen LogP contribution in [-0.4, -0.2) is 31.8 Å². The van der Waals surface area contributed by atoms with E-state index in [1.165, 1.54) is 12.1 Å². The molecule has 3 aromatic carbocycles. The molecule has 0 spiro atoms. The summed E-state index contributed by atoms with van der Waals surface area (Å²) in [5.74, 6) is 0.466. The maximum atomic E-state index is 13.8. The number of halogens is 1. The number of hydrogen-bond donors (Lipinski definition) is 0. The number of rotatable bonds is 14. The molecule has 0 aliphatic carbocycles. The van der Waals surface area contributed by atoms with Crippen LogP contribution in [0.25, 0.3) is 11.1 Å². The molecule has 0 aliphatic heterocycles. The lowest BCUT2D eigenvalue weighted by atomic mass is 10.0. The van der Waals surface area contributed by atoms with E-state index < -0.39 is 0 Å². The molecule has 0 amide bonds. The highest BCUT2D eigenvalue weighted by atomic mass is 19.1. The molecular weight excluding hydrogens is 487 g/mol. The lowest BCUT2D eigenvalue weighted by Crippen LogP contribution is -2.10. The van der Waals surface area contributed by atoms with Crippen LogP contribution in [0.1, 0.15) is 49.8 Å². The molecule has 0 heterocycles. The lowest BCUT2D eigenvalue weighted by Gasteiger charge is -2.17. The van der Waals surface area contributed by atoms with Crippen LogP contribution in [0, 0.1) is 12.7 Å². The molecule has 7 heteroatoms. The van der Waals surface area contributed by atoms with Crippen LogP contribution < -0.4 is 9.47 Å². The fourth-order valence-corrected chi connectivity index (χ4v) is 4.08. The van der Waals surface area contributed by atoms with Crippen molar-refractivity contribution in [3.8, 4) is 22.6 Å². The summed E-state index contributed by atoms with van der Waals surface area (Å²) >= 11 is 0.